The number of benzene rings is 1. The Kier molecular flexibility index (Phi) is 4.37. The third kappa shape index (κ3) is 3.37. The third-order valence-corrected chi connectivity index (χ3v) is 2.62. The SMILES string of the molecule is NCC#Cc1ccccc1CNC(=O)c1c[nH]c(=O)[nH]1. The molecule has 0 aliphatic heterocycles. The Balaban J connectivity index is 2.07. The lowest BCUT2D eigenvalue weighted by Crippen LogP contribution is -2.24. The number of aromatic nitrogens is 2. The molecule has 0 radical (unpaired) electrons. The number of imidazole rings is 1. The fraction of sp³-hybridized carbons (Fsp3) is 0.143. The third-order valence-electron chi connectivity index (χ3n) is 2.62. The van der Waals surface area contributed by atoms with Crippen LogP contribution in [0.3, 0.4) is 0 Å². The monoisotopic (exact) mass is 270 g/mol. The van der Waals surface area contributed by atoms with Gasteiger partial charge in [-0.1, -0.05) is 30.0 Å². The molecule has 20 heavy (non-hydrogen) atoms. The molecule has 1 heterocycles. The van der Waals surface area contributed by atoms with Crippen molar-refractivity contribution in [3.63, 3.8) is 0 Å². The highest BCUT2D eigenvalue weighted by Gasteiger charge is 2.08. The molecule has 0 unspecified atom stereocenters. The van der Waals surface area contributed by atoms with E-state index in [4.69, 9.17) is 5.73 Å². The minimum atomic E-state index is -0.413. The highest BCUT2D eigenvalue weighted by Crippen LogP contribution is 2.07. The van der Waals surface area contributed by atoms with Gasteiger partial charge in [0.05, 0.1) is 6.54 Å². The van der Waals surface area contributed by atoms with Crippen molar-refractivity contribution in [1.82, 2.24) is 15.3 Å². The van der Waals surface area contributed by atoms with Gasteiger partial charge >= 0.3 is 5.69 Å². The summed E-state index contributed by atoms with van der Waals surface area (Å²) in [6.07, 6.45) is 1.33. The van der Waals surface area contributed by atoms with Gasteiger partial charge in [0.1, 0.15) is 5.69 Å². The molecule has 0 saturated carbocycles. The predicted molar refractivity (Wildman–Crippen MR) is 75.0 cm³/mol. The molecule has 2 aromatic rings. The number of nitrogens with one attached hydrogen (secondary N) is 3. The molecular formula is C14H14N4O2. The topological polar surface area (TPSA) is 104 Å². The second-order valence-corrected chi connectivity index (χ2v) is 4.00. The maximum absolute atomic E-state index is 11.8. The molecule has 1 aromatic heterocycles. The molecule has 0 saturated heterocycles. The van der Waals surface area contributed by atoms with Gasteiger partial charge in [0.2, 0.25) is 0 Å². The molecule has 6 heteroatoms. The van der Waals surface area contributed by atoms with Crippen LogP contribution in [0, 0.1) is 11.8 Å². The molecule has 2 rings (SSSR count). The van der Waals surface area contributed by atoms with Crippen molar-refractivity contribution < 1.29 is 4.79 Å². The fourth-order valence-electron chi connectivity index (χ4n) is 1.67. The Morgan fingerprint density at radius 3 is 2.85 bits per heavy atom. The molecule has 0 atom stereocenters. The lowest BCUT2D eigenvalue weighted by molar-refractivity contribution is 0.0946. The number of H-pyrrole nitrogens is 2. The van der Waals surface area contributed by atoms with E-state index < -0.39 is 5.69 Å². The molecule has 0 fully saturated rings. The van der Waals surface area contributed by atoms with E-state index in [-0.39, 0.29) is 18.1 Å². The van der Waals surface area contributed by atoms with E-state index in [1.54, 1.807) is 0 Å². The second kappa shape index (κ2) is 6.41. The van der Waals surface area contributed by atoms with Crippen LogP contribution >= 0.6 is 0 Å². The average Bonchev–Trinajstić information content (AvgIpc) is 2.90. The molecule has 102 valence electrons. The van der Waals surface area contributed by atoms with E-state index in [2.05, 4.69) is 27.1 Å². The number of hydrogen-bond donors (Lipinski definition) is 4. The Morgan fingerprint density at radius 1 is 1.35 bits per heavy atom. The number of nitrogens with two attached hydrogens (primary N) is 1. The van der Waals surface area contributed by atoms with Crippen LogP contribution in [-0.2, 0) is 6.54 Å². The zero-order valence-electron chi connectivity index (χ0n) is 10.7. The van der Waals surface area contributed by atoms with E-state index in [0.29, 0.717) is 6.54 Å². The van der Waals surface area contributed by atoms with E-state index in [0.717, 1.165) is 11.1 Å². The molecule has 1 aromatic carbocycles. The lowest BCUT2D eigenvalue weighted by atomic mass is 10.1. The lowest BCUT2D eigenvalue weighted by Gasteiger charge is -2.06. The normalized spacial score (nSPS) is 9.65. The van der Waals surface area contributed by atoms with Gasteiger partial charge in [-0.3, -0.25) is 4.79 Å². The number of aromatic amines is 2. The number of rotatable bonds is 3. The Morgan fingerprint density at radius 2 is 2.15 bits per heavy atom. The van der Waals surface area contributed by atoms with Crippen molar-refractivity contribution >= 4 is 5.91 Å². The van der Waals surface area contributed by atoms with Crippen molar-refractivity contribution in [2.75, 3.05) is 6.54 Å². The molecule has 0 spiro atoms. The van der Waals surface area contributed by atoms with E-state index in [9.17, 15) is 9.59 Å². The van der Waals surface area contributed by atoms with Gasteiger partial charge in [-0.25, -0.2) is 4.79 Å². The minimum Gasteiger partial charge on any atom is -0.347 e. The van der Waals surface area contributed by atoms with Crippen LogP contribution in [0.25, 0.3) is 0 Å². The molecule has 0 aliphatic rings. The van der Waals surface area contributed by atoms with Crippen molar-refractivity contribution in [2.24, 2.45) is 5.73 Å². The number of carbonyl (C=O) groups excluding carboxylic acids is 1. The van der Waals surface area contributed by atoms with Crippen LogP contribution in [0.2, 0.25) is 0 Å². The summed E-state index contributed by atoms with van der Waals surface area (Å²) in [5.41, 5.74) is 6.84. The van der Waals surface area contributed by atoms with Gasteiger partial charge in [0, 0.05) is 18.3 Å². The van der Waals surface area contributed by atoms with Crippen molar-refractivity contribution in [1.29, 1.82) is 0 Å². The Hall–Kier alpha value is -2.78. The van der Waals surface area contributed by atoms with Crippen LogP contribution in [-0.4, -0.2) is 22.4 Å². The Labute approximate surface area is 115 Å². The second-order valence-electron chi connectivity index (χ2n) is 4.00. The van der Waals surface area contributed by atoms with Crippen LogP contribution in [0.4, 0.5) is 0 Å². The van der Waals surface area contributed by atoms with Crippen molar-refractivity contribution in [3.05, 3.63) is 57.8 Å². The summed E-state index contributed by atoms with van der Waals surface area (Å²) in [6.45, 7) is 0.604. The summed E-state index contributed by atoms with van der Waals surface area (Å²) in [6, 6.07) is 7.48. The van der Waals surface area contributed by atoms with E-state index in [1.807, 2.05) is 24.3 Å². The van der Waals surface area contributed by atoms with Crippen LogP contribution in [0.1, 0.15) is 21.6 Å². The zero-order chi connectivity index (χ0) is 14.4. The molecule has 1 amide bonds. The summed E-state index contributed by atoms with van der Waals surface area (Å²) in [4.78, 5) is 27.5. The maximum Gasteiger partial charge on any atom is 0.323 e. The Bertz CT molecular complexity index is 718. The van der Waals surface area contributed by atoms with E-state index >= 15 is 0 Å². The molecule has 5 N–H and O–H groups in total. The molecule has 6 nitrogen and oxygen atoms in total. The first kappa shape index (κ1) is 13.6. The molecule has 0 bridgehead atoms. The summed E-state index contributed by atoms with van der Waals surface area (Å²) >= 11 is 0. The van der Waals surface area contributed by atoms with Crippen molar-refractivity contribution in [2.45, 2.75) is 6.54 Å². The summed E-state index contributed by atoms with van der Waals surface area (Å²) in [7, 11) is 0. The first-order chi connectivity index (χ1) is 9.70. The summed E-state index contributed by atoms with van der Waals surface area (Å²) in [5, 5.41) is 2.72. The van der Waals surface area contributed by atoms with Crippen LogP contribution in [0.15, 0.2) is 35.3 Å². The van der Waals surface area contributed by atoms with Gasteiger partial charge < -0.3 is 21.0 Å². The number of hydrogen-bond acceptors (Lipinski definition) is 3. The van der Waals surface area contributed by atoms with Gasteiger partial charge in [-0.2, -0.15) is 0 Å². The highest BCUT2D eigenvalue weighted by atomic mass is 16.2. The predicted octanol–water partition coefficient (Wildman–Crippen LogP) is -0.0568. The molecular weight excluding hydrogens is 256 g/mol. The standard InChI is InChI=1S/C14H14N4O2/c15-7-3-6-10-4-1-2-5-11(10)8-16-13(19)12-9-17-14(20)18-12/h1-2,4-5,9H,7-8,15H2,(H,16,19)(H2,17,18,20). The van der Waals surface area contributed by atoms with Gasteiger partial charge in [0.15, 0.2) is 0 Å². The molecule has 0 aliphatic carbocycles. The first-order valence-corrected chi connectivity index (χ1v) is 6.03. The van der Waals surface area contributed by atoms with Crippen molar-refractivity contribution in [3.8, 4) is 11.8 Å². The smallest absolute Gasteiger partial charge is 0.323 e. The largest absolute Gasteiger partial charge is 0.347 e. The van der Waals surface area contributed by atoms with E-state index in [1.165, 1.54) is 6.20 Å². The van der Waals surface area contributed by atoms with Gasteiger partial charge in [-0.05, 0) is 11.6 Å². The maximum atomic E-state index is 11.8. The average molecular weight is 270 g/mol. The summed E-state index contributed by atoms with van der Waals surface area (Å²) < 4.78 is 0. The fourth-order valence-corrected chi connectivity index (χ4v) is 1.67. The number of carbonyl (C=O) groups is 1. The van der Waals surface area contributed by atoms with Gasteiger partial charge in [-0.15, -0.1) is 0 Å². The summed E-state index contributed by atoms with van der Waals surface area (Å²) in [5.74, 6) is 5.37. The van der Waals surface area contributed by atoms with Crippen LogP contribution < -0.4 is 16.7 Å². The minimum absolute atomic E-state index is 0.195. The highest BCUT2D eigenvalue weighted by molar-refractivity contribution is 5.91. The van der Waals surface area contributed by atoms with Gasteiger partial charge in [0.25, 0.3) is 5.91 Å². The number of amides is 1. The first-order valence-electron chi connectivity index (χ1n) is 6.03. The zero-order valence-corrected chi connectivity index (χ0v) is 10.7. The van der Waals surface area contributed by atoms with Crippen LogP contribution in [0.5, 0.6) is 0 Å². The quantitative estimate of drug-likeness (QED) is 0.587.